The molecule has 0 saturated heterocycles. The Bertz CT molecular complexity index is 477. The molecule has 0 aromatic carbocycles. The van der Waals surface area contributed by atoms with E-state index in [9.17, 15) is 9.59 Å². The number of hydrogen-bond donors (Lipinski definition) is 1. The topological polar surface area (TPSA) is 64.0 Å². The second-order valence-electron chi connectivity index (χ2n) is 3.67. The molecule has 0 spiro atoms. The number of nitrogens with one attached hydrogen (secondary N) is 1. The molecule has 5 heteroatoms. The van der Waals surface area contributed by atoms with Gasteiger partial charge < -0.3 is 9.88 Å². The summed E-state index contributed by atoms with van der Waals surface area (Å²) in [6.07, 6.45) is 1.76. The van der Waals surface area contributed by atoms with Crippen molar-refractivity contribution in [3.63, 3.8) is 0 Å². The SMILES string of the molecule is O=C1NCC2CCc3nc(=O)cc1n32. The number of carbonyl (C=O) groups excluding carboxylic acids is 1. The fourth-order valence-corrected chi connectivity index (χ4v) is 2.22. The zero-order valence-corrected chi connectivity index (χ0v) is 7.49. The summed E-state index contributed by atoms with van der Waals surface area (Å²) < 4.78 is 1.90. The highest BCUT2D eigenvalue weighted by Crippen LogP contribution is 2.27. The number of carbonyl (C=O) groups is 1. The number of aromatic nitrogens is 2. The fraction of sp³-hybridized carbons (Fsp3) is 0.444. The molecule has 5 nitrogen and oxygen atoms in total. The summed E-state index contributed by atoms with van der Waals surface area (Å²) in [6, 6.07) is 1.61. The van der Waals surface area contributed by atoms with Gasteiger partial charge in [0.25, 0.3) is 11.5 Å². The van der Waals surface area contributed by atoms with E-state index in [1.807, 2.05) is 4.57 Å². The summed E-state index contributed by atoms with van der Waals surface area (Å²) in [4.78, 5) is 26.6. The molecule has 0 fully saturated rings. The molecule has 1 unspecified atom stereocenters. The van der Waals surface area contributed by atoms with Crippen LogP contribution in [0.3, 0.4) is 0 Å². The molecular formula is C9H9N3O2. The van der Waals surface area contributed by atoms with Gasteiger partial charge in [0.15, 0.2) is 0 Å². The molecule has 0 saturated carbocycles. The summed E-state index contributed by atoms with van der Waals surface area (Å²) in [5.41, 5.74) is 0.151. The average Bonchev–Trinajstić information content (AvgIpc) is 2.55. The van der Waals surface area contributed by atoms with Crippen LogP contribution in [0.25, 0.3) is 0 Å². The first-order valence-electron chi connectivity index (χ1n) is 4.66. The van der Waals surface area contributed by atoms with E-state index < -0.39 is 0 Å². The van der Waals surface area contributed by atoms with Gasteiger partial charge in [0.05, 0.1) is 6.04 Å². The predicted octanol–water partition coefficient (Wildman–Crippen LogP) is -0.526. The third-order valence-electron chi connectivity index (χ3n) is 2.83. The first kappa shape index (κ1) is 7.73. The molecule has 0 aliphatic carbocycles. The Hall–Kier alpha value is -1.65. The predicted molar refractivity (Wildman–Crippen MR) is 48.2 cm³/mol. The average molecular weight is 191 g/mol. The Morgan fingerprint density at radius 3 is 3.21 bits per heavy atom. The zero-order valence-electron chi connectivity index (χ0n) is 7.49. The van der Waals surface area contributed by atoms with E-state index >= 15 is 0 Å². The number of rotatable bonds is 0. The Labute approximate surface area is 79.8 Å². The largest absolute Gasteiger partial charge is 0.349 e. The minimum Gasteiger partial charge on any atom is -0.349 e. The van der Waals surface area contributed by atoms with Crippen LogP contribution in [0.4, 0.5) is 0 Å². The molecule has 72 valence electrons. The molecule has 2 aliphatic heterocycles. The smallest absolute Gasteiger partial charge is 0.273 e. The summed E-state index contributed by atoms with van der Waals surface area (Å²) in [5, 5.41) is 2.77. The molecule has 14 heavy (non-hydrogen) atoms. The Kier molecular flexibility index (Phi) is 1.34. The molecule has 1 aromatic rings. The third-order valence-corrected chi connectivity index (χ3v) is 2.83. The Balaban J connectivity index is 2.34. The summed E-state index contributed by atoms with van der Waals surface area (Å²) >= 11 is 0. The van der Waals surface area contributed by atoms with Crippen molar-refractivity contribution in [1.29, 1.82) is 0 Å². The highest BCUT2D eigenvalue weighted by molar-refractivity contribution is 5.93. The van der Waals surface area contributed by atoms with Crippen molar-refractivity contribution < 1.29 is 4.79 Å². The molecule has 1 N–H and O–H groups in total. The van der Waals surface area contributed by atoms with Crippen LogP contribution in [0.1, 0.15) is 28.8 Å². The van der Waals surface area contributed by atoms with Gasteiger partial charge in [-0.1, -0.05) is 0 Å². The van der Waals surface area contributed by atoms with Gasteiger partial charge in [0.1, 0.15) is 11.5 Å². The highest BCUT2D eigenvalue weighted by atomic mass is 16.2. The lowest BCUT2D eigenvalue weighted by Gasteiger charge is -2.24. The van der Waals surface area contributed by atoms with Crippen LogP contribution < -0.4 is 10.9 Å². The Morgan fingerprint density at radius 2 is 2.36 bits per heavy atom. The summed E-state index contributed by atoms with van der Waals surface area (Å²) in [5.74, 6) is 0.594. The highest BCUT2D eigenvalue weighted by Gasteiger charge is 2.31. The van der Waals surface area contributed by atoms with Gasteiger partial charge in [-0.3, -0.25) is 9.59 Å². The van der Waals surface area contributed by atoms with Crippen LogP contribution in [0.15, 0.2) is 10.9 Å². The van der Waals surface area contributed by atoms with Crippen LogP contribution in [-0.2, 0) is 6.42 Å². The maximum Gasteiger partial charge on any atom is 0.273 e. The number of amides is 1. The van der Waals surface area contributed by atoms with Crippen LogP contribution in [0.5, 0.6) is 0 Å². The number of hydrogen-bond acceptors (Lipinski definition) is 3. The van der Waals surface area contributed by atoms with E-state index in [1.54, 1.807) is 0 Å². The van der Waals surface area contributed by atoms with Crippen molar-refractivity contribution in [3.8, 4) is 0 Å². The second-order valence-corrected chi connectivity index (χ2v) is 3.67. The van der Waals surface area contributed by atoms with Crippen molar-refractivity contribution in [2.75, 3.05) is 6.54 Å². The van der Waals surface area contributed by atoms with Crippen molar-refractivity contribution in [2.45, 2.75) is 18.9 Å². The normalized spacial score (nSPS) is 23.1. The summed E-state index contributed by atoms with van der Waals surface area (Å²) in [7, 11) is 0. The van der Waals surface area contributed by atoms with Crippen molar-refractivity contribution >= 4 is 5.91 Å². The lowest BCUT2D eigenvalue weighted by atomic mass is 10.2. The Morgan fingerprint density at radius 1 is 1.50 bits per heavy atom. The van der Waals surface area contributed by atoms with Gasteiger partial charge in [-0.2, -0.15) is 4.98 Å². The van der Waals surface area contributed by atoms with Crippen molar-refractivity contribution in [1.82, 2.24) is 14.9 Å². The van der Waals surface area contributed by atoms with Crippen LogP contribution in [0, 0.1) is 0 Å². The van der Waals surface area contributed by atoms with E-state index in [0.29, 0.717) is 18.3 Å². The fourth-order valence-electron chi connectivity index (χ4n) is 2.22. The molecule has 1 aromatic heterocycles. The van der Waals surface area contributed by atoms with Gasteiger partial charge >= 0.3 is 0 Å². The lowest BCUT2D eigenvalue weighted by molar-refractivity contribution is 0.0915. The zero-order chi connectivity index (χ0) is 9.71. The van der Waals surface area contributed by atoms with Gasteiger partial charge in [0, 0.05) is 19.0 Å². The van der Waals surface area contributed by atoms with Gasteiger partial charge in [-0.25, -0.2) is 0 Å². The van der Waals surface area contributed by atoms with E-state index in [0.717, 1.165) is 18.7 Å². The van der Waals surface area contributed by atoms with Crippen molar-refractivity contribution in [2.24, 2.45) is 0 Å². The quantitative estimate of drug-likeness (QED) is 0.599. The molecule has 2 aliphatic rings. The molecule has 3 rings (SSSR count). The van der Waals surface area contributed by atoms with E-state index in [2.05, 4.69) is 10.3 Å². The standard InChI is InChI=1S/C9H9N3O2/c13-8-3-6-9(14)10-4-5-1-2-7(11-8)12(5)6/h3,5H,1-2,4H2,(H,10,14). The van der Waals surface area contributed by atoms with Gasteiger partial charge in [-0.05, 0) is 6.42 Å². The molecular weight excluding hydrogens is 182 g/mol. The maximum absolute atomic E-state index is 11.5. The molecule has 1 atom stereocenters. The van der Waals surface area contributed by atoms with Gasteiger partial charge in [-0.15, -0.1) is 0 Å². The van der Waals surface area contributed by atoms with E-state index in [4.69, 9.17) is 0 Å². The van der Waals surface area contributed by atoms with Crippen molar-refractivity contribution in [3.05, 3.63) is 27.9 Å². The second kappa shape index (κ2) is 2.43. The molecule has 0 radical (unpaired) electrons. The van der Waals surface area contributed by atoms with Crippen LogP contribution in [0.2, 0.25) is 0 Å². The van der Waals surface area contributed by atoms with Crippen LogP contribution in [-0.4, -0.2) is 22.0 Å². The number of nitrogens with zero attached hydrogens (tertiary/aromatic N) is 2. The third kappa shape index (κ3) is 0.865. The van der Waals surface area contributed by atoms with Crippen LogP contribution >= 0.6 is 0 Å². The molecule has 1 amide bonds. The first-order chi connectivity index (χ1) is 6.75. The molecule has 0 bridgehead atoms. The van der Waals surface area contributed by atoms with Gasteiger partial charge in [0.2, 0.25) is 0 Å². The first-order valence-corrected chi connectivity index (χ1v) is 4.66. The van der Waals surface area contributed by atoms with E-state index in [1.165, 1.54) is 6.07 Å². The number of aryl methyl sites for hydroxylation is 1. The maximum atomic E-state index is 11.5. The summed E-state index contributed by atoms with van der Waals surface area (Å²) in [6.45, 7) is 0.656. The lowest BCUT2D eigenvalue weighted by Crippen LogP contribution is -2.39. The minimum absolute atomic E-state index is 0.163. The minimum atomic E-state index is -0.316. The monoisotopic (exact) mass is 191 g/mol. The molecule has 3 heterocycles. The van der Waals surface area contributed by atoms with E-state index in [-0.39, 0.29) is 11.5 Å².